The molecule has 1 rings (SSSR count). The minimum Gasteiger partial charge on any atom is -0.394 e. The minimum atomic E-state index is -3.39. The van der Waals surface area contributed by atoms with Gasteiger partial charge < -0.3 is 15.5 Å². The number of rotatable bonds is 5. The van der Waals surface area contributed by atoms with E-state index in [0.29, 0.717) is 0 Å². The zero-order chi connectivity index (χ0) is 14.7. The number of benzene rings is 1. The second-order valence-corrected chi connectivity index (χ2v) is 6.65. The summed E-state index contributed by atoms with van der Waals surface area (Å²) in [5, 5.41) is 20.6. The molecule has 7 heteroatoms. The molecule has 3 N–H and O–H groups in total. The number of hydrogen-bond acceptors (Lipinski definition) is 5. The number of sulfone groups is 1. The quantitative estimate of drug-likeness (QED) is 0.681. The Balaban J connectivity index is 3.02. The van der Waals surface area contributed by atoms with Crippen molar-refractivity contribution in [2.75, 3.05) is 19.5 Å². The lowest BCUT2D eigenvalue weighted by Gasteiger charge is -2.26. The van der Waals surface area contributed by atoms with E-state index in [2.05, 4.69) is 5.32 Å². The minimum absolute atomic E-state index is 0.0369. The van der Waals surface area contributed by atoms with Crippen LogP contribution in [0.15, 0.2) is 29.2 Å². The summed E-state index contributed by atoms with van der Waals surface area (Å²) < 4.78 is 22.8. The molecule has 6 nitrogen and oxygen atoms in total. The summed E-state index contributed by atoms with van der Waals surface area (Å²) >= 11 is 0. The van der Waals surface area contributed by atoms with Crippen LogP contribution in [0.25, 0.3) is 0 Å². The molecule has 1 aromatic carbocycles. The summed E-state index contributed by atoms with van der Waals surface area (Å²) in [6.45, 7) is 0.618. The van der Waals surface area contributed by atoms with E-state index in [-0.39, 0.29) is 10.5 Å². The molecular formula is C12H17NO5S. The molecule has 0 aliphatic carbocycles. The van der Waals surface area contributed by atoms with Crippen molar-refractivity contribution in [3.05, 3.63) is 29.8 Å². The first kappa shape index (κ1) is 15.6. The molecule has 0 saturated carbocycles. The molecule has 0 aromatic heterocycles. The highest BCUT2D eigenvalue weighted by Crippen LogP contribution is 2.12. The van der Waals surface area contributed by atoms with Gasteiger partial charge in [0.1, 0.15) is 0 Å². The second-order valence-electron chi connectivity index (χ2n) is 4.63. The van der Waals surface area contributed by atoms with Gasteiger partial charge in [-0.2, -0.15) is 0 Å². The maximum atomic E-state index is 11.9. The SMILES string of the molecule is CC(CO)(CO)NC(=O)c1cccc(S(C)(=O)=O)c1. The molecule has 1 amide bonds. The van der Waals surface area contributed by atoms with Crippen molar-refractivity contribution < 1.29 is 23.4 Å². The van der Waals surface area contributed by atoms with Crippen LogP contribution in [-0.2, 0) is 9.84 Å². The Morgan fingerprint density at radius 1 is 1.32 bits per heavy atom. The van der Waals surface area contributed by atoms with E-state index < -0.39 is 34.5 Å². The van der Waals surface area contributed by atoms with Gasteiger partial charge in [-0.25, -0.2) is 8.42 Å². The summed E-state index contributed by atoms with van der Waals surface area (Å²) in [6.07, 6.45) is 1.05. The number of carbonyl (C=O) groups excluding carboxylic acids is 1. The van der Waals surface area contributed by atoms with Gasteiger partial charge in [-0.15, -0.1) is 0 Å². The second kappa shape index (κ2) is 5.68. The Kier molecular flexibility index (Phi) is 4.67. The zero-order valence-electron chi connectivity index (χ0n) is 10.8. The van der Waals surface area contributed by atoms with Crippen LogP contribution in [0.2, 0.25) is 0 Å². The fraction of sp³-hybridized carbons (Fsp3) is 0.417. The Hall–Kier alpha value is -1.44. The standard InChI is InChI=1S/C12H17NO5S/c1-12(7-14,8-15)13-11(16)9-4-3-5-10(6-9)19(2,17)18/h3-6,14-15H,7-8H2,1-2H3,(H,13,16). The summed E-state index contributed by atoms with van der Waals surface area (Å²) in [5.74, 6) is -0.559. The lowest BCUT2D eigenvalue weighted by molar-refractivity contribution is 0.0723. The Bertz CT molecular complexity index is 563. The van der Waals surface area contributed by atoms with Crippen LogP contribution in [0.4, 0.5) is 0 Å². The van der Waals surface area contributed by atoms with Crippen LogP contribution in [0, 0.1) is 0 Å². The van der Waals surface area contributed by atoms with E-state index in [4.69, 9.17) is 10.2 Å². The first-order valence-electron chi connectivity index (χ1n) is 5.56. The normalized spacial score (nSPS) is 12.2. The molecule has 0 aliphatic heterocycles. The number of amides is 1. The van der Waals surface area contributed by atoms with Gasteiger partial charge >= 0.3 is 0 Å². The van der Waals surface area contributed by atoms with Gasteiger partial charge in [0.2, 0.25) is 0 Å². The highest BCUT2D eigenvalue weighted by Gasteiger charge is 2.25. The molecule has 0 radical (unpaired) electrons. The van der Waals surface area contributed by atoms with E-state index in [1.165, 1.54) is 31.2 Å². The predicted octanol–water partition coefficient (Wildman–Crippen LogP) is -0.437. The van der Waals surface area contributed by atoms with E-state index >= 15 is 0 Å². The lowest BCUT2D eigenvalue weighted by Crippen LogP contribution is -2.51. The maximum absolute atomic E-state index is 11.9. The Morgan fingerprint density at radius 2 is 1.89 bits per heavy atom. The van der Waals surface area contributed by atoms with Crippen molar-refractivity contribution >= 4 is 15.7 Å². The van der Waals surface area contributed by atoms with Gasteiger partial charge in [0.15, 0.2) is 9.84 Å². The van der Waals surface area contributed by atoms with Gasteiger partial charge in [-0.05, 0) is 25.1 Å². The fourth-order valence-electron chi connectivity index (χ4n) is 1.34. The smallest absolute Gasteiger partial charge is 0.251 e. The number of carbonyl (C=O) groups is 1. The highest BCUT2D eigenvalue weighted by atomic mass is 32.2. The average Bonchev–Trinajstić information content (AvgIpc) is 2.37. The van der Waals surface area contributed by atoms with Gasteiger partial charge in [-0.3, -0.25) is 4.79 Å². The van der Waals surface area contributed by atoms with E-state index in [1.54, 1.807) is 0 Å². The van der Waals surface area contributed by atoms with Gasteiger partial charge in [0, 0.05) is 11.8 Å². The number of aliphatic hydroxyl groups is 2. The number of aliphatic hydroxyl groups excluding tert-OH is 2. The van der Waals surface area contributed by atoms with Crippen molar-refractivity contribution in [3.8, 4) is 0 Å². The summed E-state index contributed by atoms with van der Waals surface area (Å²) in [6, 6.07) is 5.56. The third-order valence-electron chi connectivity index (χ3n) is 2.64. The number of nitrogens with one attached hydrogen (secondary N) is 1. The van der Waals surface area contributed by atoms with Gasteiger partial charge in [0.05, 0.1) is 23.6 Å². The largest absolute Gasteiger partial charge is 0.394 e. The molecule has 0 unspecified atom stereocenters. The van der Waals surface area contributed by atoms with Gasteiger partial charge in [-0.1, -0.05) is 6.07 Å². The monoisotopic (exact) mass is 287 g/mol. The average molecular weight is 287 g/mol. The predicted molar refractivity (Wildman–Crippen MR) is 69.6 cm³/mol. The van der Waals surface area contributed by atoms with Crippen LogP contribution in [0.3, 0.4) is 0 Å². The fourth-order valence-corrected chi connectivity index (χ4v) is 2.01. The zero-order valence-corrected chi connectivity index (χ0v) is 11.6. The first-order chi connectivity index (χ1) is 8.72. The van der Waals surface area contributed by atoms with Crippen molar-refractivity contribution in [2.24, 2.45) is 0 Å². The third kappa shape index (κ3) is 4.02. The number of hydrogen-bond donors (Lipinski definition) is 3. The molecule has 0 aliphatic rings. The molecule has 19 heavy (non-hydrogen) atoms. The van der Waals surface area contributed by atoms with E-state index in [9.17, 15) is 13.2 Å². The highest BCUT2D eigenvalue weighted by molar-refractivity contribution is 7.90. The molecule has 0 fully saturated rings. The Labute approximate surface area is 112 Å². The lowest BCUT2D eigenvalue weighted by atomic mass is 10.0. The van der Waals surface area contributed by atoms with Crippen molar-refractivity contribution in [1.82, 2.24) is 5.32 Å². The molecule has 0 heterocycles. The maximum Gasteiger partial charge on any atom is 0.251 e. The van der Waals surface area contributed by atoms with Crippen molar-refractivity contribution in [2.45, 2.75) is 17.4 Å². The molecule has 0 bridgehead atoms. The van der Waals surface area contributed by atoms with Crippen LogP contribution >= 0.6 is 0 Å². The van der Waals surface area contributed by atoms with Crippen LogP contribution < -0.4 is 5.32 Å². The summed E-state index contributed by atoms with van der Waals surface area (Å²) in [4.78, 5) is 12.0. The topological polar surface area (TPSA) is 104 Å². The first-order valence-corrected chi connectivity index (χ1v) is 7.45. The van der Waals surface area contributed by atoms with Crippen molar-refractivity contribution in [1.29, 1.82) is 0 Å². The molecule has 0 atom stereocenters. The summed E-state index contributed by atoms with van der Waals surface area (Å²) in [5.41, 5.74) is -1.01. The van der Waals surface area contributed by atoms with Crippen molar-refractivity contribution in [3.63, 3.8) is 0 Å². The van der Waals surface area contributed by atoms with Crippen LogP contribution in [0.1, 0.15) is 17.3 Å². The van der Waals surface area contributed by atoms with E-state index in [0.717, 1.165) is 6.26 Å². The van der Waals surface area contributed by atoms with Crippen LogP contribution in [-0.4, -0.2) is 49.5 Å². The van der Waals surface area contributed by atoms with Crippen LogP contribution in [0.5, 0.6) is 0 Å². The molecule has 1 aromatic rings. The molecule has 106 valence electrons. The molecule has 0 saturated heterocycles. The third-order valence-corrected chi connectivity index (χ3v) is 3.75. The molecular weight excluding hydrogens is 270 g/mol. The summed E-state index contributed by atoms with van der Waals surface area (Å²) in [7, 11) is -3.39. The van der Waals surface area contributed by atoms with E-state index in [1.807, 2.05) is 0 Å². The van der Waals surface area contributed by atoms with Gasteiger partial charge in [0.25, 0.3) is 5.91 Å². The molecule has 0 spiro atoms. The Morgan fingerprint density at radius 3 is 2.37 bits per heavy atom.